The summed E-state index contributed by atoms with van der Waals surface area (Å²) in [5.74, 6) is 0.572. The summed E-state index contributed by atoms with van der Waals surface area (Å²) in [6.45, 7) is 0.391. The van der Waals surface area contributed by atoms with Gasteiger partial charge in [-0.3, -0.25) is 0 Å². The first-order valence-electron chi connectivity index (χ1n) is 7.39. The van der Waals surface area contributed by atoms with Gasteiger partial charge in [0, 0.05) is 24.6 Å². The van der Waals surface area contributed by atoms with Crippen LogP contribution in [0.4, 0.5) is 0 Å². The fraction of sp³-hybridized carbons (Fsp3) is 0.176. The second kappa shape index (κ2) is 6.96. The largest absolute Gasteiger partial charge is 0.492 e. The van der Waals surface area contributed by atoms with E-state index in [1.807, 2.05) is 0 Å². The average Bonchev–Trinajstić information content (AvgIpc) is 3.03. The lowest BCUT2D eigenvalue weighted by Crippen LogP contribution is -2.11. The first-order valence-corrected chi connectivity index (χ1v) is 9.63. The summed E-state index contributed by atoms with van der Waals surface area (Å²) in [4.78, 5) is 0.230. The molecule has 0 aliphatic heterocycles. The zero-order chi connectivity index (χ0) is 17.2. The number of hydrogen-bond acceptors (Lipinski definition) is 4. The molecule has 1 aromatic heterocycles. The molecular formula is C17H16BrNO4S. The van der Waals surface area contributed by atoms with Gasteiger partial charge in [0.05, 0.1) is 21.5 Å². The molecule has 0 spiro atoms. The number of ether oxygens (including phenoxy) is 1. The molecule has 0 aliphatic carbocycles. The molecule has 0 atom stereocenters. The van der Waals surface area contributed by atoms with Crippen LogP contribution in [-0.2, 0) is 10.0 Å². The van der Waals surface area contributed by atoms with Crippen molar-refractivity contribution in [2.24, 2.45) is 0 Å². The lowest BCUT2D eigenvalue weighted by atomic mass is 10.2. The SMILES string of the molecule is O=S(=O)(c1ccccc1)n1ccc2c(OCCCO)c(Br)ccc21. The standard InChI is InChI=1S/C17H16BrNO4S/c18-15-7-8-16-14(17(15)23-12-4-11-20)9-10-19(16)24(21,22)13-5-2-1-3-6-13/h1-3,5-10,20H,4,11-12H2. The lowest BCUT2D eigenvalue weighted by Gasteiger charge is -2.11. The molecule has 0 fully saturated rings. The van der Waals surface area contributed by atoms with E-state index in [-0.39, 0.29) is 11.5 Å². The molecule has 0 saturated heterocycles. The number of benzene rings is 2. The maximum Gasteiger partial charge on any atom is 0.268 e. The monoisotopic (exact) mass is 409 g/mol. The van der Waals surface area contributed by atoms with Crippen LogP contribution in [0.25, 0.3) is 10.9 Å². The zero-order valence-electron chi connectivity index (χ0n) is 12.7. The van der Waals surface area contributed by atoms with E-state index in [1.165, 1.54) is 10.2 Å². The minimum Gasteiger partial charge on any atom is -0.492 e. The van der Waals surface area contributed by atoms with Crippen molar-refractivity contribution in [1.82, 2.24) is 3.97 Å². The molecule has 0 bridgehead atoms. The highest BCUT2D eigenvalue weighted by atomic mass is 79.9. The van der Waals surface area contributed by atoms with Crippen molar-refractivity contribution in [3.63, 3.8) is 0 Å². The van der Waals surface area contributed by atoms with Gasteiger partial charge in [0.15, 0.2) is 0 Å². The fourth-order valence-corrected chi connectivity index (χ4v) is 4.27. The number of fused-ring (bicyclic) bond motifs is 1. The van der Waals surface area contributed by atoms with Gasteiger partial charge in [-0.05, 0) is 46.3 Å². The highest BCUT2D eigenvalue weighted by molar-refractivity contribution is 9.10. The number of aliphatic hydroxyl groups is 1. The molecule has 0 radical (unpaired) electrons. The van der Waals surface area contributed by atoms with E-state index in [0.29, 0.717) is 29.7 Å². The van der Waals surface area contributed by atoms with Crippen LogP contribution in [0.2, 0.25) is 0 Å². The summed E-state index contributed by atoms with van der Waals surface area (Å²) in [7, 11) is -3.67. The Bertz CT molecular complexity index is 951. The Morgan fingerprint density at radius 2 is 1.83 bits per heavy atom. The average molecular weight is 410 g/mol. The predicted octanol–water partition coefficient (Wildman–Crippen LogP) is 3.40. The molecule has 3 aromatic rings. The molecule has 0 aliphatic rings. The zero-order valence-corrected chi connectivity index (χ0v) is 15.1. The first kappa shape index (κ1) is 17.0. The summed E-state index contributed by atoms with van der Waals surface area (Å²) >= 11 is 3.43. The molecule has 1 N–H and O–H groups in total. The van der Waals surface area contributed by atoms with Gasteiger partial charge < -0.3 is 9.84 Å². The Balaban J connectivity index is 2.10. The topological polar surface area (TPSA) is 68.5 Å². The number of aromatic nitrogens is 1. The molecule has 0 amide bonds. The summed E-state index contributed by atoms with van der Waals surface area (Å²) < 4.78 is 33.4. The maximum atomic E-state index is 12.8. The van der Waals surface area contributed by atoms with Crippen molar-refractivity contribution in [2.45, 2.75) is 11.3 Å². The normalized spacial score (nSPS) is 11.8. The minimum atomic E-state index is -3.67. The molecule has 3 rings (SSSR count). The van der Waals surface area contributed by atoms with Crippen LogP contribution < -0.4 is 4.74 Å². The molecule has 0 unspecified atom stereocenters. The molecule has 1 heterocycles. The number of halogens is 1. The van der Waals surface area contributed by atoms with E-state index in [2.05, 4.69) is 15.9 Å². The predicted molar refractivity (Wildman–Crippen MR) is 95.9 cm³/mol. The van der Waals surface area contributed by atoms with E-state index >= 15 is 0 Å². The third-order valence-corrected chi connectivity index (χ3v) is 5.92. The van der Waals surface area contributed by atoms with Gasteiger partial charge in [-0.25, -0.2) is 12.4 Å². The molecular weight excluding hydrogens is 394 g/mol. The Labute approximate surface area is 148 Å². The van der Waals surface area contributed by atoms with Gasteiger partial charge in [0.1, 0.15) is 5.75 Å². The van der Waals surface area contributed by atoms with Crippen LogP contribution in [-0.4, -0.2) is 30.7 Å². The second-order valence-corrected chi connectivity index (χ2v) is 7.83. The number of aliphatic hydroxyl groups excluding tert-OH is 1. The Morgan fingerprint density at radius 1 is 1.08 bits per heavy atom. The van der Waals surface area contributed by atoms with Crippen molar-refractivity contribution in [1.29, 1.82) is 0 Å². The summed E-state index contributed by atoms with van der Waals surface area (Å²) in [5, 5.41) is 9.58. The van der Waals surface area contributed by atoms with E-state index < -0.39 is 10.0 Å². The van der Waals surface area contributed by atoms with Crippen molar-refractivity contribution >= 4 is 36.9 Å². The minimum absolute atomic E-state index is 0.0387. The fourth-order valence-electron chi connectivity index (χ4n) is 2.44. The van der Waals surface area contributed by atoms with E-state index in [0.717, 1.165) is 4.47 Å². The first-order chi connectivity index (χ1) is 11.6. The van der Waals surface area contributed by atoms with Gasteiger partial charge in [-0.15, -0.1) is 0 Å². The van der Waals surface area contributed by atoms with Gasteiger partial charge >= 0.3 is 0 Å². The molecule has 126 valence electrons. The number of hydrogen-bond donors (Lipinski definition) is 1. The Hall–Kier alpha value is -1.83. The van der Waals surface area contributed by atoms with E-state index in [9.17, 15) is 8.42 Å². The van der Waals surface area contributed by atoms with Crippen LogP contribution >= 0.6 is 15.9 Å². The van der Waals surface area contributed by atoms with Crippen molar-refractivity contribution in [3.8, 4) is 5.75 Å². The van der Waals surface area contributed by atoms with Gasteiger partial charge in [-0.1, -0.05) is 18.2 Å². The van der Waals surface area contributed by atoms with Gasteiger partial charge in [0.25, 0.3) is 10.0 Å². The molecule has 24 heavy (non-hydrogen) atoms. The lowest BCUT2D eigenvalue weighted by molar-refractivity contribution is 0.234. The summed E-state index contributed by atoms with van der Waals surface area (Å²) in [6, 6.07) is 13.5. The highest BCUT2D eigenvalue weighted by Gasteiger charge is 2.20. The number of nitrogens with zero attached hydrogens (tertiary/aromatic N) is 1. The Morgan fingerprint density at radius 3 is 2.54 bits per heavy atom. The van der Waals surface area contributed by atoms with Crippen molar-refractivity contribution in [3.05, 3.63) is 59.2 Å². The van der Waals surface area contributed by atoms with Crippen LogP contribution in [0.15, 0.2) is 64.1 Å². The Kier molecular flexibility index (Phi) is 4.93. The number of rotatable bonds is 6. The summed E-state index contributed by atoms with van der Waals surface area (Å²) in [5.41, 5.74) is 0.543. The van der Waals surface area contributed by atoms with Crippen LogP contribution in [0, 0.1) is 0 Å². The van der Waals surface area contributed by atoms with Crippen molar-refractivity contribution in [2.75, 3.05) is 13.2 Å². The van der Waals surface area contributed by atoms with Crippen LogP contribution in [0.1, 0.15) is 6.42 Å². The summed E-state index contributed by atoms with van der Waals surface area (Å²) in [6.07, 6.45) is 2.03. The molecule has 0 saturated carbocycles. The third kappa shape index (κ3) is 3.07. The van der Waals surface area contributed by atoms with Crippen LogP contribution in [0.5, 0.6) is 5.75 Å². The smallest absolute Gasteiger partial charge is 0.268 e. The maximum absolute atomic E-state index is 12.8. The molecule has 5 nitrogen and oxygen atoms in total. The van der Waals surface area contributed by atoms with Gasteiger partial charge in [-0.2, -0.15) is 0 Å². The highest BCUT2D eigenvalue weighted by Crippen LogP contribution is 2.35. The molecule has 7 heteroatoms. The third-order valence-electron chi connectivity index (χ3n) is 3.59. The molecule has 2 aromatic carbocycles. The second-order valence-electron chi connectivity index (χ2n) is 5.16. The van der Waals surface area contributed by atoms with E-state index in [4.69, 9.17) is 9.84 Å². The van der Waals surface area contributed by atoms with E-state index in [1.54, 1.807) is 48.5 Å². The van der Waals surface area contributed by atoms with Gasteiger partial charge in [0.2, 0.25) is 0 Å². The van der Waals surface area contributed by atoms with Crippen LogP contribution in [0.3, 0.4) is 0 Å². The van der Waals surface area contributed by atoms with Crippen molar-refractivity contribution < 1.29 is 18.3 Å². The quantitative estimate of drug-likeness (QED) is 0.633.